The molecule has 1 aromatic carbocycles. The number of ether oxygens (including phenoxy) is 1. The van der Waals surface area contributed by atoms with E-state index in [9.17, 15) is 4.79 Å². The molecule has 2 aliphatic rings. The van der Waals surface area contributed by atoms with E-state index in [2.05, 4.69) is 10.2 Å². The van der Waals surface area contributed by atoms with Crippen molar-refractivity contribution in [1.29, 1.82) is 0 Å². The number of nitrogens with zero attached hydrogens (tertiary/aromatic N) is 1. The van der Waals surface area contributed by atoms with Crippen molar-refractivity contribution in [2.45, 2.75) is 44.2 Å². The van der Waals surface area contributed by atoms with Gasteiger partial charge in [-0.25, -0.2) is 0 Å². The third kappa shape index (κ3) is 3.38. The van der Waals surface area contributed by atoms with E-state index in [1.54, 1.807) is 7.11 Å². The van der Waals surface area contributed by atoms with Crippen molar-refractivity contribution >= 4 is 11.6 Å². The van der Waals surface area contributed by atoms with Gasteiger partial charge in [0.15, 0.2) is 0 Å². The Morgan fingerprint density at radius 1 is 1.19 bits per heavy atom. The molecule has 4 heteroatoms. The Kier molecular flexibility index (Phi) is 4.44. The van der Waals surface area contributed by atoms with Gasteiger partial charge in [0.05, 0.1) is 6.10 Å². The lowest BCUT2D eigenvalue weighted by Gasteiger charge is -2.19. The molecule has 0 spiro atoms. The lowest BCUT2D eigenvalue weighted by Crippen LogP contribution is -2.32. The number of nitrogens with one attached hydrogen (secondary N) is 1. The van der Waals surface area contributed by atoms with Crippen LogP contribution in [0.1, 0.15) is 42.5 Å². The predicted octanol–water partition coefficient (Wildman–Crippen LogP) is 2.58. The highest BCUT2D eigenvalue weighted by molar-refractivity contribution is 5.94. The molecule has 1 heterocycles. The van der Waals surface area contributed by atoms with Crippen molar-refractivity contribution in [3.05, 3.63) is 29.8 Å². The van der Waals surface area contributed by atoms with Crippen LogP contribution in [0.15, 0.2) is 24.3 Å². The number of carbonyl (C=O) groups excluding carboxylic acids is 1. The summed E-state index contributed by atoms with van der Waals surface area (Å²) in [5, 5.41) is 3.13. The lowest BCUT2D eigenvalue weighted by molar-refractivity contribution is 0.0938. The van der Waals surface area contributed by atoms with E-state index in [4.69, 9.17) is 4.74 Å². The zero-order chi connectivity index (χ0) is 14.7. The molecule has 1 N–H and O–H groups in total. The smallest absolute Gasteiger partial charge is 0.251 e. The van der Waals surface area contributed by atoms with Gasteiger partial charge in [-0.1, -0.05) is 12.8 Å². The van der Waals surface area contributed by atoms with Crippen LogP contribution in [0.25, 0.3) is 0 Å². The molecule has 0 unspecified atom stereocenters. The van der Waals surface area contributed by atoms with Crippen LogP contribution in [0.3, 0.4) is 0 Å². The van der Waals surface area contributed by atoms with Crippen LogP contribution in [-0.2, 0) is 4.74 Å². The first-order valence-corrected chi connectivity index (χ1v) is 7.95. The standard InChI is InChI=1S/C17H24N2O2/c1-21-16-10-11-19(12-16)15-8-6-13(7-9-15)17(20)18-14-4-2-3-5-14/h6-9,14,16H,2-5,10-12H2,1H3,(H,18,20)/t16-/m1/s1. The van der Waals surface area contributed by atoms with Crippen LogP contribution in [-0.4, -0.2) is 38.3 Å². The summed E-state index contributed by atoms with van der Waals surface area (Å²) >= 11 is 0. The molecule has 21 heavy (non-hydrogen) atoms. The van der Waals surface area contributed by atoms with Gasteiger partial charge in [0.2, 0.25) is 0 Å². The molecule has 1 saturated carbocycles. The van der Waals surface area contributed by atoms with Gasteiger partial charge in [-0.2, -0.15) is 0 Å². The highest BCUT2D eigenvalue weighted by Crippen LogP contribution is 2.22. The first kappa shape index (κ1) is 14.4. The molecule has 1 aliphatic heterocycles. The van der Waals surface area contributed by atoms with Crippen molar-refractivity contribution in [2.24, 2.45) is 0 Å². The van der Waals surface area contributed by atoms with Crippen LogP contribution in [0.4, 0.5) is 5.69 Å². The number of methoxy groups -OCH3 is 1. The maximum absolute atomic E-state index is 12.2. The highest BCUT2D eigenvalue weighted by atomic mass is 16.5. The number of hydrogen-bond acceptors (Lipinski definition) is 3. The van der Waals surface area contributed by atoms with Gasteiger partial charge >= 0.3 is 0 Å². The third-order valence-electron chi connectivity index (χ3n) is 4.66. The van der Waals surface area contributed by atoms with E-state index in [1.807, 2.05) is 24.3 Å². The maximum atomic E-state index is 12.2. The molecule has 1 amide bonds. The molecule has 1 atom stereocenters. The van der Waals surface area contributed by atoms with Crippen molar-refractivity contribution in [2.75, 3.05) is 25.1 Å². The molecule has 0 aromatic heterocycles. The minimum atomic E-state index is 0.0599. The summed E-state index contributed by atoms with van der Waals surface area (Å²) in [4.78, 5) is 14.5. The average Bonchev–Trinajstić information content (AvgIpc) is 3.18. The molecule has 114 valence electrons. The molecule has 4 nitrogen and oxygen atoms in total. The molecule has 2 fully saturated rings. The fraction of sp³-hybridized carbons (Fsp3) is 0.588. The van der Waals surface area contributed by atoms with Gasteiger partial charge in [0.25, 0.3) is 5.91 Å². The van der Waals surface area contributed by atoms with Gasteiger partial charge in [-0.3, -0.25) is 4.79 Å². The zero-order valence-electron chi connectivity index (χ0n) is 12.7. The van der Waals surface area contributed by atoms with E-state index >= 15 is 0 Å². The minimum absolute atomic E-state index is 0.0599. The first-order chi connectivity index (χ1) is 10.3. The summed E-state index contributed by atoms with van der Waals surface area (Å²) < 4.78 is 5.39. The zero-order valence-corrected chi connectivity index (χ0v) is 12.7. The van der Waals surface area contributed by atoms with Crippen molar-refractivity contribution in [3.63, 3.8) is 0 Å². The fourth-order valence-corrected chi connectivity index (χ4v) is 3.32. The molecule has 1 aromatic rings. The van der Waals surface area contributed by atoms with Gasteiger partial charge in [-0.15, -0.1) is 0 Å². The number of amides is 1. The number of rotatable bonds is 4. The first-order valence-electron chi connectivity index (χ1n) is 7.95. The largest absolute Gasteiger partial charge is 0.380 e. The topological polar surface area (TPSA) is 41.6 Å². The third-order valence-corrected chi connectivity index (χ3v) is 4.66. The molecular formula is C17H24N2O2. The number of anilines is 1. The van der Waals surface area contributed by atoms with Crippen molar-refractivity contribution < 1.29 is 9.53 Å². The van der Waals surface area contributed by atoms with Crippen LogP contribution >= 0.6 is 0 Å². The Balaban J connectivity index is 1.59. The van der Waals surface area contributed by atoms with Crippen LogP contribution in [0.2, 0.25) is 0 Å². The summed E-state index contributed by atoms with van der Waals surface area (Å²) in [6, 6.07) is 8.32. The van der Waals surface area contributed by atoms with Crippen molar-refractivity contribution in [1.82, 2.24) is 5.32 Å². The van der Waals surface area contributed by atoms with Crippen LogP contribution < -0.4 is 10.2 Å². The average molecular weight is 288 g/mol. The summed E-state index contributed by atoms with van der Waals surface area (Å²) in [5.41, 5.74) is 1.93. The normalized spacial score (nSPS) is 22.7. The Bertz CT molecular complexity index is 480. The van der Waals surface area contributed by atoms with E-state index in [0.717, 1.165) is 37.9 Å². The Morgan fingerprint density at radius 2 is 1.90 bits per heavy atom. The van der Waals surface area contributed by atoms with E-state index in [0.29, 0.717) is 12.1 Å². The van der Waals surface area contributed by atoms with E-state index in [1.165, 1.54) is 18.5 Å². The second-order valence-electron chi connectivity index (χ2n) is 6.09. The molecule has 1 saturated heterocycles. The second-order valence-corrected chi connectivity index (χ2v) is 6.09. The summed E-state index contributed by atoms with van der Waals surface area (Å²) in [7, 11) is 1.77. The van der Waals surface area contributed by atoms with Crippen LogP contribution in [0, 0.1) is 0 Å². The number of carbonyl (C=O) groups is 1. The van der Waals surface area contributed by atoms with Crippen molar-refractivity contribution in [3.8, 4) is 0 Å². The lowest BCUT2D eigenvalue weighted by atomic mass is 10.1. The van der Waals surface area contributed by atoms with Gasteiger partial charge in [0.1, 0.15) is 0 Å². The van der Waals surface area contributed by atoms with Gasteiger partial charge in [-0.05, 0) is 43.5 Å². The summed E-state index contributed by atoms with van der Waals surface area (Å²) in [6.07, 6.45) is 6.11. The van der Waals surface area contributed by atoms with Gasteiger partial charge in [0, 0.05) is 37.5 Å². The fourth-order valence-electron chi connectivity index (χ4n) is 3.32. The highest BCUT2D eigenvalue weighted by Gasteiger charge is 2.22. The number of benzene rings is 1. The minimum Gasteiger partial charge on any atom is -0.380 e. The number of hydrogen-bond donors (Lipinski definition) is 1. The molecular weight excluding hydrogens is 264 g/mol. The molecule has 3 rings (SSSR count). The molecule has 0 bridgehead atoms. The Hall–Kier alpha value is -1.55. The van der Waals surface area contributed by atoms with Gasteiger partial charge < -0.3 is 15.0 Å². The van der Waals surface area contributed by atoms with Crippen LogP contribution in [0.5, 0.6) is 0 Å². The maximum Gasteiger partial charge on any atom is 0.251 e. The SMILES string of the molecule is CO[C@@H]1CCN(c2ccc(C(=O)NC3CCCC3)cc2)C1. The van der Waals surface area contributed by atoms with E-state index < -0.39 is 0 Å². The quantitative estimate of drug-likeness (QED) is 0.926. The Labute approximate surface area is 126 Å². The molecule has 1 aliphatic carbocycles. The molecule has 0 radical (unpaired) electrons. The monoisotopic (exact) mass is 288 g/mol. The van der Waals surface area contributed by atoms with E-state index in [-0.39, 0.29) is 5.91 Å². The Morgan fingerprint density at radius 3 is 2.52 bits per heavy atom. The predicted molar refractivity (Wildman–Crippen MR) is 83.8 cm³/mol. The summed E-state index contributed by atoms with van der Waals surface area (Å²) in [6.45, 7) is 1.95. The summed E-state index contributed by atoms with van der Waals surface area (Å²) in [5.74, 6) is 0.0599. The second kappa shape index (κ2) is 6.48.